The van der Waals surface area contributed by atoms with Gasteiger partial charge in [0, 0.05) is 46.8 Å². The van der Waals surface area contributed by atoms with E-state index in [4.69, 9.17) is 4.98 Å². The lowest BCUT2D eigenvalue weighted by atomic mass is 10.2. The van der Waals surface area contributed by atoms with Crippen molar-refractivity contribution in [3.8, 4) is 0 Å². The number of aryl methyl sites for hydroxylation is 1. The molecule has 9 heteroatoms. The van der Waals surface area contributed by atoms with Gasteiger partial charge in [-0.05, 0) is 17.7 Å². The summed E-state index contributed by atoms with van der Waals surface area (Å²) in [6, 6.07) is 16.7. The molecule has 0 aliphatic carbocycles. The number of anilines is 1. The summed E-state index contributed by atoms with van der Waals surface area (Å²) in [5.74, 6) is 0.522. The van der Waals surface area contributed by atoms with Crippen LogP contribution >= 0.6 is 0 Å². The van der Waals surface area contributed by atoms with Gasteiger partial charge < -0.3 is 9.47 Å². The lowest BCUT2D eigenvalue weighted by molar-refractivity contribution is 0.241. The van der Waals surface area contributed by atoms with E-state index in [2.05, 4.69) is 9.80 Å². The van der Waals surface area contributed by atoms with Crippen LogP contribution in [-0.2, 0) is 27.2 Å². The largest absolute Gasteiger partial charge is 0.367 e. The third kappa shape index (κ3) is 3.92. The molecular formula is C25H27FN6O2. The number of para-hydroxylation sites is 1. The number of piperazine rings is 1. The van der Waals surface area contributed by atoms with Gasteiger partial charge in [-0.1, -0.05) is 42.5 Å². The first-order chi connectivity index (χ1) is 16.4. The highest BCUT2D eigenvalue weighted by Gasteiger charge is 2.24. The summed E-state index contributed by atoms with van der Waals surface area (Å²) in [5.41, 5.74) is 1.74. The molecule has 0 amide bonds. The third-order valence-corrected chi connectivity index (χ3v) is 6.54. The van der Waals surface area contributed by atoms with E-state index in [9.17, 15) is 14.0 Å². The fourth-order valence-corrected chi connectivity index (χ4v) is 4.60. The Kier molecular flexibility index (Phi) is 5.79. The van der Waals surface area contributed by atoms with E-state index in [0.29, 0.717) is 43.0 Å². The van der Waals surface area contributed by atoms with Crippen LogP contribution in [0.1, 0.15) is 11.4 Å². The maximum atomic E-state index is 14.2. The van der Waals surface area contributed by atoms with Crippen molar-refractivity contribution in [2.75, 3.05) is 31.1 Å². The average molecular weight is 463 g/mol. The minimum Gasteiger partial charge on any atom is -0.367 e. The molecule has 0 atom stereocenters. The number of rotatable bonds is 5. The van der Waals surface area contributed by atoms with Crippen molar-refractivity contribution >= 4 is 16.9 Å². The molecule has 3 heterocycles. The van der Waals surface area contributed by atoms with Gasteiger partial charge in [0.1, 0.15) is 11.6 Å². The Labute approximate surface area is 196 Å². The summed E-state index contributed by atoms with van der Waals surface area (Å²) in [7, 11) is 3.13. The summed E-state index contributed by atoms with van der Waals surface area (Å²) in [4.78, 5) is 34.6. The van der Waals surface area contributed by atoms with E-state index in [1.54, 1.807) is 19.2 Å². The molecule has 1 saturated heterocycles. The first kappa shape index (κ1) is 22.1. The predicted molar refractivity (Wildman–Crippen MR) is 130 cm³/mol. The predicted octanol–water partition coefficient (Wildman–Crippen LogP) is 1.94. The van der Waals surface area contributed by atoms with E-state index in [1.807, 2.05) is 41.0 Å². The SMILES string of the molecule is Cn1c(=O)c2c(nc(CN3CCN(c4ccccc4F)CC3)n2Cc2ccccc2)n(C)c1=O. The zero-order valence-corrected chi connectivity index (χ0v) is 19.3. The second-order valence-electron chi connectivity index (χ2n) is 8.69. The highest BCUT2D eigenvalue weighted by Crippen LogP contribution is 2.21. The highest BCUT2D eigenvalue weighted by molar-refractivity contribution is 5.71. The van der Waals surface area contributed by atoms with Gasteiger partial charge in [0.05, 0.1) is 12.2 Å². The lowest BCUT2D eigenvalue weighted by Gasteiger charge is -2.36. The second-order valence-corrected chi connectivity index (χ2v) is 8.69. The molecule has 34 heavy (non-hydrogen) atoms. The monoisotopic (exact) mass is 462 g/mol. The molecule has 0 radical (unpaired) electrons. The van der Waals surface area contributed by atoms with E-state index in [-0.39, 0.29) is 11.4 Å². The van der Waals surface area contributed by atoms with Gasteiger partial charge >= 0.3 is 5.69 Å². The summed E-state index contributed by atoms with van der Waals surface area (Å²) in [6.07, 6.45) is 0. The van der Waals surface area contributed by atoms with Crippen molar-refractivity contribution < 1.29 is 4.39 Å². The van der Waals surface area contributed by atoms with E-state index >= 15 is 0 Å². The zero-order valence-electron chi connectivity index (χ0n) is 19.3. The van der Waals surface area contributed by atoms with Crippen molar-refractivity contribution in [2.24, 2.45) is 14.1 Å². The van der Waals surface area contributed by atoms with Crippen LogP contribution in [-0.4, -0.2) is 49.8 Å². The highest BCUT2D eigenvalue weighted by atomic mass is 19.1. The minimum absolute atomic E-state index is 0.211. The normalized spacial score (nSPS) is 14.7. The van der Waals surface area contributed by atoms with Crippen LogP contribution in [0.3, 0.4) is 0 Å². The maximum absolute atomic E-state index is 14.2. The van der Waals surface area contributed by atoms with Crippen LogP contribution in [0.2, 0.25) is 0 Å². The molecule has 4 aromatic rings. The number of nitrogens with zero attached hydrogens (tertiary/aromatic N) is 6. The lowest BCUT2D eigenvalue weighted by Crippen LogP contribution is -2.46. The molecule has 0 saturated carbocycles. The van der Waals surface area contributed by atoms with Crippen LogP contribution in [0, 0.1) is 5.82 Å². The van der Waals surface area contributed by atoms with Gasteiger partial charge in [-0.15, -0.1) is 0 Å². The van der Waals surface area contributed by atoms with Crippen LogP contribution in [0.25, 0.3) is 11.2 Å². The summed E-state index contributed by atoms with van der Waals surface area (Å²) in [6.45, 7) is 3.87. The summed E-state index contributed by atoms with van der Waals surface area (Å²) in [5, 5.41) is 0. The summed E-state index contributed by atoms with van der Waals surface area (Å²) < 4.78 is 18.7. The van der Waals surface area contributed by atoms with Crippen molar-refractivity contribution in [1.82, 2.24) is 23.6 Å². The van der Waals surface area contributed by atoms with Crippen LogP contribution in [0.4, 0.5) is 10.1 Å². The number of aromatic nitrogens is 4. The molecular weight excluding hydrogens is 435 g/mol. The Bertz CT molecular complexity index is 1450. The minimum atomic E-state index is -0.396. The molecule has 0 unspecified atom stereocenters. The van der Waals surface area contributed by atoms with Crippen molar-refractivity contribution in [1.29, 1.82) is 0 Å². The van der Waals surface area contributed by atoms with Gasteiger partial charge in [0.15, 0.2) is 11.2 Å². The van der Waals surface area contributed by atoms with Gasteiger partial charge in [-0.3, -0.25) is 18.8 Å². The van der Waals surface area contributed by atoms with Crippen molar-refractivity contribution in [2.45, 2.75) is 13.1 Å². The zero-order chi connectivity index (χ0) is 23.8. The first-order valence-corrected chi connectivity index (χ1v) is 11.3. The average Bonchev–Trinajstić information content (AvgIpc) is 3.20. The van der Waals surface area contributed by atoms with Gasteiger partial charge in [0.2, 0.25) is 0 Å². The molecule has 2 aromatic heterocycles. The fraction of sp³-hybridized carbons (Fsp3) is 0.320. The molecule has 8 nitrogen and oxygen atoms in total. The Morgan fingerprint density at radius 3 is 2.24 bits per heavy atom. The van der Waals surface area contributed by atoms with E-state index in [1.165, 1.54) is 17.7 Å². The molecule has 1 fully saturated rings. The molecule has 0 N–H and O–H groups in total. The molecule has 2 aromatic carbocycles. The maximum Gasteiger partial charge on any atom is 0.332 e. The third-order valence-electron chi connectivity index (χ3n) is 6.54. The van der Waals surface area contributed by atoms with Crippen LogP contribution < -0.4 is 16.1 Å². The Morgan fingerprint density at radius 1 is 0.853 bits per heavy atom. The Balaban J connectivity index is 1.47. The van der Waals surface area contributed by atoms with Gasteiger partial charge in [-0.2, -0.15) is 0 Å². The second kappa shape index (κ2) is 8.90. The quantitative estimate of drug-likeness (QED) is 0.454. The van der Waals surface area contributed by atoms with Crippen molar-refractivity contribution in [3.05, 3.63) is 92.6 Å². The fourth-order valence-electron chi connectivity index (χ4n) is 4.60. The van der Waals surface area contributed by atoms with Gasteiger partial charge in [0.25, 0.3) is 5.56 Å². The number of benzene rings is 2. The smallest absolute Gasteiger partial charge is 0.332 e. The molecule has 0 bridgehead atoms. The topological polar surface area (TPSA) is 68.3 Å². The van der Waals surface area contributed by atoms with Crippen LogP contribution in [0.15, 0.2) is 64.2 Å². The Morgan fingerprint density at radius 2 is 1.53 bits per heavy atom. The first-order valence-electron chi connectivity index (χ1n) is 11.3. The molecule has 1 aliphatic heterocycles. The standard InChI is InChI=1S/C25H27FN6O2/c1-28-23-22(24(33)29(2)25(28)34)32(16-18-8-4-3-5-9-18)21(27-23)17-30-12-14-31(15-13-30)20-11-7-6-10-19(20)26/h3-11H,12-17H2,1-2H3. The Hall–Kier alpha value is -3.72. The molecule has 176 valence electrons. The van der Waals surface area contributed by atoms with Gasteiger partial charge in [-0.25, -0.2) is 14.2 Å². The number of halogens is 1. The molecule has 0 spiro atoms. The molecule has 5 rings (SSSR count). The number of hydrogen-bond acceptors (Lipinski definition) is 5. The summed E-state index contributed by atoms with van der Waals surface area (Å²) >= 11 is 0. The van der Waals surface area contributed by atoms with E-state index < -0.39 is 5.69 Å². The van der Waals surface area contributed by atoms with Crippen molar-refractivity contribution in [3.63, 3.8) is 0 Å². The van der Waals surface area contributed by atoms with Crippen LogP contribution in [0.5, 0.6) is 0 Å². The number of fused-ring (bicyclic) bond motifs is 1. The number of hydrogen-bond donors (Lipinski definition) is 0. The van der Waals surface area contributed by atoms with E-state index in [0.717, 1.165) is 29.0 Å². The molecule has 1 aliphatic rings. The number of imidazole rings is 1.